The summed E-state index contributed by atoms with van der Waals surface area (Å²) in [7, 11) is 0. The van der Waals surface area contributed by atoms with Crippen LogP contribution in [0.25, 0.3) is 22.2 Å². The molecule has 0 bridgehead atoms. The van der Waals surface area contributed by atoms with Crippen molar-refractivity contribution >= 4 is 33.8 Å². The van der Waals surface area contributed by atoms with E-state index in [2.05, 4.69) is 15.4 Å². The topological polar surface area (TPSA) is 76.9 Å². The van der Waals surface area contributed by atoms with E-state index >= 15 is 0 Å². The number of nitrogens with one attached hydrogen (secondary N) is 1. The van der Waals surface area contributed by atoms with Crippen LogP contribution in [-0.2, 0) is 11.3 Å². The molecule has 0 spiro atoms. The van der Waals surface area contributed by atoms with Gasteiger partial charge in [0.25, 0.3) is 0 Å². The SMILES string of the molecule is Cc1nc(-c2ccc(NC(=O)Cn3ncc(=O)c4ccccc43)cc2)cs1. The van der Waals surface area contributed by atoms with Gasteiger partial charge in [0.2, 0.25) is 11.3 Å². The second-order valence-corrected chi connectivity index (χ2v) is 7.12. The van der Waals surface area contributed by atoms with Gasteiger partial charge >= 0.3 is 0 Å². The normalized spacial score (nSPS) is 10.9. The van der Waals surface area contributed by atoms with Gasteiger partial charge in [0.15, 0.2) is 0 Å². The zero-order valence-electron chi connectivity index (χ0n) is 14.5. The van der Waals surface area contributed by atoms with Crippen molar-refractivity contribution in [2.75, 3.05) is 5.32 Å². The highest BCUT2D eigenvalue weighted by Gasteiger charge is 2.09. The molecule has 0 saturated carbocycles. The number of amides is 1. The quantitative estimate of drug-likeness (QED) is 0.592. The highest BCUT2D eigenvalue weighted by molar-refractivity contribution is 7.09. The Morgan fingerprint density at radius 2 is 1.93 bits per heavy atom. The molecule has 0 unspecified atom stereocenters. The summed E-state index contributed by atoms with van der Waals surface area (Å²) in [4.78, 5) is 28.7. The lowest BCUT2D eigenvalue weighted by Crippen LogP contribution is -2.22. The first-order valence-electron chi connectivity index (χ1n) is 8.37. The Hall–Kier alpha value is -3.32. The third kappa shape index (κ3) is 3.63. The van der Waals surface area contributed by atoms with E-state index in [0.717, 1.165) is 16.3 Å². The minimum absolute atomic E-state index is 0.0217. The van der Waals surface area contributed by atoms with Gasteiger partial charge in [-0.3, -0.25) is 14.3 Å². The molecule has 4 aromatic rings. The average molecular weight is 376 g/mol. The predicted octanol–water partition coefficient (Wildman–Crippen LogP) is 3.47. The summed E-state index contributed by atoms with van der Waals surface area (Å²) in [6.07, 6.45) is 1.24. The molecule has 2 aromatic carbocycles. The summed E-state index contributed by atoms with van der Waals surface area (Å²) < 4.78 is 1.53. The van der Waals surface area contributed by atoms with Gasteiger partial charge in [0.05, 0.1) is 22.4 Å². The summed E-state index contributed by atoms with van der Waals surface area (Å²) in [5, 5.41) is 10.5. The van der Waals surface area contributed by atoms with Crippen LogP contribution < -0.4 is 10.7 Å². The summed E-state index contributed by atoms with van der Waals surface area (Å²) in [5.74, 6) is -0.214. The molecule has 0 fully saturated rings. The van der Waals surface area contributed by atoms with Gasteiger partial charge in [0.1, 0.15) is 6.54 Å². The van der Waals surface area contributed by atoms with E-state index in [4.69, 9.17) is 0 Å². The molecule has 0 aliphatic rings. The lowest BCUT2D eigenvalue weighted by molar-refractivity contribution is -0.116. The number of rotatable bonds is 4. The lowest BCUT2D eigenvalue weighted by Gasteiger charge is -2.10. The summed E-state index contributed by atoms with van der Waals surface area (Å²) in [6, 6.07) is 14.7. The number of nitrogens with zero attached hydrogens (tertiary/aromatic N) is 3. The first-order valence-corrected chi connectivity index (χ1v) is 9.25. The van der Waals surface area contributed by atoms with Crippen LogP contribution in [0.4, 0.5) is 5.69 Å². The Morgan fingerprint density at radius 1 is 1.15 bits per heavy atom. The van der Waals surface area contributed by atoms with Crippen LogP contribution in [0.3, 0.4) is 0 Å². The monoisotopic (exact) mass is 376 g/mol. The van der Waals surface area contributed by atoms with E-state index in [1.807, 2.05) is 42.6 Å². The molecule has 27 heavy (non-hydrogen) atoms. The molecule has 1 N–H and O–H groups in total. The van der Waals surface area contributed by atoms with E-state index in [0.29, 0.717) is 16.6 Å². The molecular formula is C20H16N4O2S. The molecule has 0 aliphatic carbocycles. The summed E-state index contributed by atoms with van der Waals surface area (Å²) in [5.41, 5.74) is 3.11. The van der Waals surface area contributed by atoms with Gasteiger partial charge in [-0.1, -0.05) is 24.3 Å². The maximum atomic E-state index is 12.4. The van der Waals surface area contributed by atoms with Gasteiger partial charge in [-0.25, -0.2) is 4.98 Å². The number of hydrogen-bond donors (Lipinski definition) is 1. The Kier molecular flexibility index (Phi) is 4.52. The molecule has 134 valence electrons. The summed E-state index contributed by atoms with van der Waals surface area (Å²) >= 11 is 1.60. The highest BCUT2D eigenvalue weighted by Crippen LogP contribution is 2.23. The number of carbonyl (C=O) groups is 1. The van der Waals surface area contributed by atoms with Crippen molar-refractivity contribution in [1.82, 2.24) is 14.8 Å². The molecule has 4 rings (SSSR count). The number of thiazole rings is 1. The fourth-order valence-corrected chi connectivity index (χ4v) is 3.47. The lowest BCUT2D eigenvalue weighted by atomic mass is 10.1. The molecule has 7 heteroatoms. The van der Waals surface area contributed by atoms with E-state index in [1.54, 1.807) is 29.5 Å². The van der Waals surface area contributed by atoms with Crippen molar-refractivity contribution in [3.8, 4) is 11.3 Å². The van der Waals surface area contributed by atoms with E-state index < -0.39 is 0 Å². The smallest absolute Gasteiger partial charge is 0.246 e. The molecule has 0 saturated heterocycles. The van der Waals surface area contributed by atoms with Gasteiger partial charge in [0, 0.05) is 22.0 Å². The third-order valence-electron chi connectivity index (χ3n) is 4.14. The second kappa shape index (κ2) is 7.13. The zero-order chi connectivity index (χ0) is 18.8. The molecule has 0 aliphatic heterocycles. The number of aryl methyl sites for hydroxylation is 1. The summed E-state index contributed by atoms with van der Waals surface area (Å²) in [6.45, 7) is 1.99. The van der Waals surface area contributed by atoms with Crippen molar-refractivity contribution in [3.63, 3.8) is 0 Å². The molecular weight excluding hydrogens is 360 g/mol. The largest absolute Gasteiger partial charge is 0.324 e. The number of aromatic nitrogens is 3. The van der Waals surface area contributed by atoms with Gasteiger partial charge in [-0.15, -0.1) is 11.3 Å². The van der Waals surface area contributed by atoms with E-state index in [9.17, 15) is 9.59 Å². The molecule has 0 atom stereocenters. The van der Waals surface area contributed by atoms with E-state index in [-0.39, 0.29) is 17.9 Å². The van der Waals surface area contributed by atoms with Crippen molar-refractivity contribution < 1.29 is 4.79 Å². The van der Waals surface area contributed by atoms with Crippen molar-refractivity contribution in [2.24, 2.45) is 0 Å². The standard InChI is InChI=1S/C20H16N4O2S/c1-13-22-17(12-27-13)14-6-8-15(9-7-14)23-20(26)11-24-18-5-3-2-4-16(18)19(25)10-21-24/h2-10,12H,11H2,1H3,(H,23,26). The number of anilines is 1. The second-order valence-electron chi connectivity index (χ2n) is 6.06. The van der Waals surface area contributed by atoms with Gasteiger partial charge in [-0.2, -0.15) is 5.10 Å². The van der Waals surface area contributed by atoms with Crippen molar-refractivity contribution in [3.05, 3.63) is 75.3 Å². The van der Waals surface area contributed by atoms with Crippen LogP contribution in [0.2, 0.25) is 0 Å². The van der Waals surface area contributed by atoms with Crippen molar-refractivity contribution in [2.45, 2.75) is 13.5 Å². The first kappa shape index (κ1) is 17.1. The molecule has 2 aromatic heterocycles. The zero-order valence-corrected chi connectivity index (χ0v) is 15.4. The number of benzene rings is 2. The van der Waals surface area contributed by atoms with E-state index in [1.165, 1.54) is 10.9 Å². The van der Waals surface area contributed by atoms with Crippen LogP contribution in [0, 0.1) is 6.92 Å². The highest BCUT2D eigenvalue weighted by atomic mass is 32.1. The van der Waals surface area contributed by atoms with Crippen LogP contribution in [-0.4, -0.2) is 20.7 Å². The maximum Gasteiger partial charge on any atom is 0.246 e. The number of fused-ring (bicyclic) bond motifs is 1. The number of hydrogen-bond acceptors (Lipinski definition) is 5. The Morgan fingerprint density at radius 3 is 2.67 bits per heavy atom. The van der Waals surface area contributed by atoms with Crippen LogP contribution in [0.5, 0.6) is 0 Å². The molecule has 1 amide bonds. The average Bonchev–Trinajstić information content (AvgIpc) is 3.11. The Labute approximate surface area is 159 Å². The van der Waals surface area contributed by atoms with Gasteiger partial charge in [-0.05, 0) is 31.2 Å². The third-order valence-corrected chi connectivity index (χ3v) is 4.91. The molecule has 2 heterocycles. The minimum Gasteiger partial charge on any atom is -0.324 e. The van der Waals surface area contributed by atoms with Crippen molar-refractivity contribution in [1.29, 1.82) is 0 Å². The number of carbonyl (C=O) groups excluding carboxylic acids is 1. The van der Waals surface area contributed by atoms with Crippen LogP contribution >= 0.6 is 11.3 Å². The molecule has 6 nitrogen and oxygen atoms in total. The van der Waals surface area contributed by atoms with Crippen LogP contribution in [0.15, 0.2) is 64.9 Å². The number of para-hydroxylation sites is 1. The van der Waals surface area contributed by atoms with Gasteiger partial charge < -0.3 is 5.32 Å². The fourth-order valence-electron chi connectivity index (χ4n) is 2.84. The minimum atomic E-state index is -0.214. The predicted molar refractivity (Wildman–Crippen MR) is 107 cm³/mol. The Balaban J connectivity index is 1.50. The first-order chi connectivity index (χ1) is 13.1. The van der Waals surface area contributed by atoms with Crippen LogP contribution in [0.1, 0.15) is 5.01 Å². The Bertz CT molecular complexity index is 1180. The molecule has 0 radical (unpaired) electrons. The fraction of sp³-hybridized carbons (Fsp3) is 0.100. The maximum absolute atomic E-state index is 12.4.